The fourth-order valence-electron chi connectivity index (χ4n) is 4.04. The first kappa shape index (κ1) is 23.0. The van der Waals surface area contributed by atoms with Gasteiger partial charge in [-0.1, -0.05) is 98.5 Å². The van der Waals surface area contributed by atoms with Gasteiger partial charge in [-0.3, -0.25) is 14.5 Å². The molecule has 0 unspecified atom stereocenters. The number of unbranched alkanes of at least 4 members (excludes halogenated alkanes) is 4. The van der Waals surface area contributed by atoms with E-state index < -0.39 is 0 Å². The van der Waals surface area contributed by atoms with Crippen LogP contribution < -0.4 is 4.90 Å². The predicted octanol–water partition coefficient (Wildman–Crippen LogP) is 6.43. The topological polar surface area (TPSA) is 40.6 Å². The molecular weight excluding hydrogens is 460 g/mol. The third-order valence-corrected chi connectivity index (χ3v) is 7.44. The van der Waals surface area contributed by atoms with Crippen LogP contribution in [0, 0.1) is 0 Å². The van der Waals surface area contributed by atoms with Gasteiger partial charge in [0.05, 0.1) is 22.7 Å². The molecule has 2 amide bonds. The van der Waals surface area contributed by atoms with E-state index in [1.54, 1.807) is 9.80 Å². The van der Waals surface area contributed by atoms with Gasteiger partial charge in [-0.25, -0.2) is 0 Å². The molecule has 0 aromatic heterocycles. The van der Waals surface area contributed by atoms with Crippen molar-refractivity contribution >= 4 is 63.0 Å². The summed E-state index contributed by atoms with van der Waals surface area (Å²) >= 11 is 12.8. The number of hydrogen-bond donors (Lipinski definition) is 0. The zero-order chi connectivity index (χ0) is 22.7. The molecule has 0 radical (unpaired) electrons. The largest absolute Gasteiger partial charge is 0.303 e. The number of fused-ring (bicyclic) bond motifs is 1. The van der Waals surface area contributed by atoms with Crippen LogP contribution in [0.15, 0.2) is 53.4 Å². The van der Waals surface area contributed by atoms with Crippen LogP contribution in [0.4, 0.5) is 5.69 Å². The van der Waals surface area contributed by atoms with E-state index in [0.29, 0.717) is 32.9 Å². The minimum absolute atomic E-state index is 0.151. The number of benzene rings is 2. The van der Waals surface area contributed by atoms with Gasteiger partial charge in [0.1, 0.15) is 4.32 Å². The number of carbonyl (C=O) groups is 2. The van der Waals surface area contributed by atoms with Gasteiger partial charge in [0.25, 0.3) is 11.8 Å². The van der Waals surface area contributed by atoms with E-state index in [-0.39, 0.29) is 11.8 Å². The number of para-hydroxylation sites is 1. The molecule has 2 aliphatic rings. The first-order valence-corrected chi connectivity index (χ1v) is 12.5. The van der Waals surface area contributed by atoms with Gasteiger partial charge < -0.3 is 4.90 Å². The Morgan fingerprint density at radius 2 is 1.62 bits per heavy atom. The number of amides is 2. The second-order valence-electron chi connectivity index (χ2n) is 7.98. The first-order valence-electron chi connectivity index (χ1n) is 10.9. The molecule has 0 N–H and O–H groups in total. The molecule has 2 heterocycles. The van der Waals surface area contributed by atoms with Gasteiger partial charge in [-0.05, 0) is 30.2 Å². The van der Waals surface area contributed by atoms with Gasteiger partial charge in [-0.2, -0.15) is 0 Å². The van der Waals surface area contributed by atoms with Crippen LogP contribution in [-0.4, -0.2) is 27.6 Å². The van der Waals surface area contributed by atoms with Crippen LogP contribution in [0.5, 0.6) is 0 Å². The summed E-state index contributed by atoms with van der Waals surface area (Å²) in [6.45, 7) is 3.20. The molecule has 7 heteroatoms. The summed E-state index contributed by atoms with van der Waals surface area (Å²) in [5.74, 6) is -0.313. The quantitative estimate of drug-likeness (QED) is 0.246. The van der Waals surface area contributed by atoms with E-state index in [0.717, 1.165) is 36.1 Å². The number of nitrogens with zero attached hydrogens (tertiary/aromatic N) is 2. The van der Waals surface area contributed by atoms with Gasteiger partial charge >= 0.3 is 0 Å². The van der Waals surface area contributed by atoms with E-state index in [9.17, 15) is 9.59 Å². The van der Waals surface area contributed by atoms with E-state index in [1.165, 1.54) is 24.6 Å². The highest BCUT2D eigenvalue weighted by Gasteiger charge is 2.41. The fourth-order valence-corrected chi connectivity index (χ4v) is 5.55. The molecule has 4 nitrogen and oxygen atoms in total. The molecule has 1 fully saturated rings. The van der Waals surface area contributed by atoms with Crippen molar-refractivity contribution in [1.29, 1.82) is 0 Å². The Labute approximate surface area is 203 Å². The highest BCUT2D eigenvalue weighted by molar-refractivity contribution is 8.26. The third-order valence-electron chi connectivity index (χ3n) is 5.74. The molecule has 0 aliphatic carbocycles. The van der Waals surface area contributed by atoms with Gasteiger partial charge in [-0.15, -0.1) is 0 Å². The number of anilines is 1. The molecule has 0 bridgehead atoms. The molecule has 2 aromatic carbocycles. The van der Waals surface area contributed by atoms with E-state index >= 15 is 0 Å². The van der Waals surface area contributed by atoms with Crippen molar-refractivity contribution in [3.8, 4) is 0 Å². The van der Waals surface area contributed by atoms with Crippen molar-refractivity contribution in [2.45, 2.75) is 45.6 Å². The van der Waals surface area contributed by atoms with Crippen LogP contribution in [0.1, 0.15) is 50.2 Å². The molecule has 32 heavy (non-hydrogen) atoms. The lowest BCUT2D eigenvalue weighted by molar-refractivity contribution is -0.122. The number of rotatable bonds is 8. The van der Waals surface area contributed by atoms with Crippen molar-refractivity contribution in [3.05, 3.63) is 69.6 Å². The zero-order valence-corrected chi connectivity index (χ0v) is 20.4. The maximum absolute atomic E-state index is 13.5. The Kier molecular flexibility index (Phi) is 7.33. The summed E-state index contributed by atoms with van der Waals surface area (Å²) < 4.78 is 0.537. The Morgan fingerprint density at radius 1 is 0.906 bits per heavy atom. The summed E-state index contributed by atoms with van der Waals surface area (Å²) in [5, 5.41) is 0.654. The summed E-state index contributed by atoms with van der Waals surface area (Å²) in [5.41, 5.74) is 3.03. The molecule has 1 saturated heterocycles. The lowest BCUT2D eigenvalue weighted by atomic mass is 10.1. The van der Waals surface area contributed by atoms with Crippen LogP contribution in [0.2, 0.25) is 5.02 Å². The molecule has 0 atom stereocenters. The van der Waals surface area contributed by atoms with Gasteiger partial charge in [0.15, 0.2) is 0 Å². The highest BCUT2D eigenvalue weighted by atomic mass is 35.5. The van der Waals surface area contributed by atoms with Crippen molar-refractivity contribution in [1.82, 2.24) is 4.90 Å². The number of carbonyl (C=O) groups excluding carboxylic acids is 2. The first-order chi connectivity index (χ1) is 15.5. The molecular formula is C25H25ClN2O2S2. The van der Waals surface area contributed by atoms with Crippen LogP contribution in [-0.2, 0) is 16.1 Å². The second-order valence-corrected chi connectivity index (χ2v) is 10.1. The second kappa shape index (κ2) is 10.2. The minimum Gasteiger partial charge on any atom is -0.303 e. The van der Waals surface area contributed by atoms with Crippen LogP contribution in [0.25, 0.3) is 5.57 Å². The Morgan fingerprint density at radius 3 is 2.38 bits per heavy atom. The lowest BCUT2D eigenvalue weighted by Gasteiger charge is -2.17. The number of thiocarbonyl (C=S) groups is 1. The molecule has 166 valence electrons. The predicted molar refractivity (Wildman–Crippen MR) is 137 cm³/mol. The molecule has 2 aliphatic heterocycles. The van der Waals surface area contributed by atoms with Gasteiger partial charge in [0, 0.05) is 17.1 Å². The summed E-state index contributed by atoms with van der Waals surface area (Å²) in [6.07, 6.45) is 5.55. The molecule has 0 saturated carbocycles. The minimum atomic E-state index is -0.162. The molecule has 4 rings (SSSR count). The highest BCUT2D eigenvalue weighted by Crippen LogP contribution is 2.45. The normalized spacial score (nSPS) is 18.1. The van der Waals surface area contributed by atoms with E-state index in [1.807, 2.05) is 48.5 Å². The van der Waals surface area contributed by atoms with Crippen LogP contribution >= 0.6 is 35.6 Å². The molecule has 0 spiro atoms. The molecule has 2 aromatic rings. The SMILES string of the molecule is CCCCCCCN1C(=O)C(=C2C(=O)N(Cc3ccc(Cl)cc3)c3ccccc32)SC1=S. The smallest absolute Gasteiger partial charge is 0.267 e. The monoisotopic (exact) mass is 484 g/mol. The number of halogens is 1. The Bertz CT molecular complexity index is 1080. The Balaban J connectivity index is 1.60. The number of hydrogen-bond acceptors (Lipinski definition) is 4. The third kappa shape index (κ3) is 4.63. The summed E-state index contributed by atoms with van der Waals surface area (Å²) in [7, 11) is 0. The van der Waals surface area contributed by atoms with Gasteiger partial charge in [0.2, 0.25) is 0 Å². The lowest BCUT2D eigenvalue weighted by Crippen LogP contribution is -2.30. The standard InChI is InChI=1S/C25H25ClN2O2S2/c1-2-3-4-5-8-15-27-24(30)22(32-25(27)31)21-19-9-6-7-10-20(19)28(23(21)29)16-17-11-13-18(26)14-12-17/h6-7,9-14H,2-5,8,15-16H2,1H3. The zero-order valence-electron chi connectivity index (χ0n) is 18.0. The summed E-state index contributed by atoms with van der Waals surface area (Å²) in [6, 6.07) is 15.1. The van der Waals surface area contributed by atoms with Crippen molar-refractivity contribution in [3.63, 3.8) is 0 Å². The summed E-state index contributed by atoms with van der Waals surface area (Å²) in [4.78, 5) is 30.6. The van der Waals surface area contributed by atoms with Crippen LogP contribution in [0.3, 0.4) is 0 Å². The van der Waals surface area contributed by atoms with Crippen molar-refractivity contribution in [2.24, 2.45) is 0 Å². The maximum Gasteiger partial charge on any atom is 0.267 e. The Hall–Kier alpha value is -2.15. The number of thioether (sulfide) groups is 1. The average molecular weight is 485 g/mol. The van der Waals surface area contributed by atoms with E-state index in [4.69, 9.17) is 23.8 Å². The average Bonchev–Trinajstić information content (AvgIpc) is 3.22. The fraction of sp³-hybridized carbons (Fsp3) is 0.320. The van der Waals surface area contributed by atoms with E-state index in [2.05, 4.69) is 6.92 Å². The van der Waals surface area contributed by atoms with Crippen molar-refractivity contribution in [2.75, 3.05) is 11.4 Å². The maximum atomic E-state index is 13.5. The van der Waals surface area contributed by atoms with Crippen molar-refractivity contribution < 1.29 is 9.59 Å².